The molecule has 0 fully saturated rings. The zero-order valence-corrected chi connectivity index (χ0v) is 10.6. The van der Waals surface area contributed by atoms with E-state index in [2.05, 4.69) is 4.99 Å². The lowest BCUT2D eigenvalue weighted by atomic mass is 10.0. The van der Waals surface area contributed by atoms with E-state index in [0.717, 1.165) is 22.1 Å². The Morgan fingerprint density at radius 2 is 2.05 bits per heavy atom. The number of rotatable bonds is 3. The second-order valence-electron chi connectivity index (χ2n) is 4.57. The molecule has 1 aliphatic heterocycles. The second kappa shape index (κ2) is 4.39. The van der Waals surface area contributed by atoms with Crippen molar-refractivity contribution in [2.75, 3.05) is 4.90 Å². The summed E-state index contributed by atoms with van der Waals surface area (Å²) in [5.41, 5.74) is 1.81. The van der Waals surface area contributed by atoms with Gasteiger partial charge in [-0.05, 0) is 23.9 Å². The van der Waals surface area contributed by atoms with Crippen molar-refractivity contribution in [1.82, 2.24) is 0 Å². The quantitative estimate of drug-likeness (QED) is 0.915. The molecule has 2 aromatic rings. The van der Waals surface area contributed by atoms with Crippen LogP contribution in [-0.4, -0.2) is 23.5 Å². The van der Waals surface area contributed by atoms with E-state index in [-0.39, 0.29) is 0 Å². The number of benzene rings is 2. The first kappa shape index (κ1) is 11.7. The van der Waals surface area contributed by atoms with Crippen molar-refractivity contribution in [3.63, 3.8) is 0 Å². The lowest BCUT2D eigenvalue weighted by Crippen LogP contribution is -2.40. The van der Waals surface area contributed by atoms with Gasteiger partial charge in [0, 0.05) is 5.39 Å². The first-order valence-corrected chi connectivity index (χ1v) is 6.29. The van der Waals surface area contributed by atoms with Gasteiger partial charge in [0.2, 0.25) is 0 Å². The number of anilines is 1. The predicted molar refractivity (Wildman–Crippen MR) is 76.3 cm³/mol. The fraction of sp³-hybridized carbons (Fsp3) is 0.200. The molecule has 1 N–H and O–H groups in total. The molecule has 0 saturated carbocycles. The van der Waals surface area contributed by atoms with Gasteiger partial charge in [-0.25, -0.2) is 9.79 Å². The summed E-state index contributed by atoms with van der Waals surface area (Å²) in [7, 11) is 0. The molecule has 0 aromatic heterocycles. The first-order chi connectivity index (χ1) is 9.22. The fourth-order valence-electron chi connectivity index (χ4n) is 2.55. The highest BCUT2D eigenvalue weighted by Gasteiger charge is 2.26. The SMILES string of the molecule is CCC(C(=O)O)N1C=Nc2cccc3cccc1c23. The lowest BCUT2D eigenvalue weighted by Gasteiger charge is -2.30. The smallest absolute Gasteiger partial charge is 0.326 e. The van der Waals surface area contributed by atoms with Crippen molar-refractivity contribution in [3.05, 3.63) is 36.4 Å². The molecule has 3 rings (SSSR count). The zero-order valence-electron chi connectivity index (χ0n) is 10.6. The minimum absolute atomic E-state index is 0.528. The fourth-order valence-corrected chi connectivity index (χ4v) is 2.55. The van der Waals surface area contributed by atoms with Crippen LogP contribution in [0.25, 0.3) is 10.8 Å². The maximum Gasteiger partial charge on any atom is 0.326 e. The van der Waals surface area contributed by atoms with Gasteiger partial charge in [-0.1, -0.05) is 31.2 Å². The molecule has 1 unspecified atom stereocenters. The van der Waals surface area contributed by atoms with E-state index in [1.165, 1.54) is 0 Å². The van der Waals surface area contributed by atoms with E-state index in [1.807, 2.05) is 43.3 Å². The molecule has 0 radical (unpaired) electrons. The number of hydrogen-bond acceptors (Lipinski definition) is 3. The molecular weight excluding hydrogens is 240 g/mol. The average Bonchev–Trinajstić information content (AvgIpc) is 2.42. The van der Waals surface area contributed by atoms with Crippen LogP contribution in [0.3, 0.4) is 0 Å². The van der Waals surface area contributed by atoms with E-state index >= 15 is 0 Å². The van der Waals surface area contributed by atoms with Gasteiger partial charge in [0.1, 0.15) is 6.04 Å². The summed E-state index contributed by atoms with van der Waals surface area (Å²) in [6.07, 6.45) is 2.15. The molecule has 0 spiro atoms. The van der Waals surface area contributed by atoms with Crippen molar-refractivity contribution < 1.29 is 9.90 Å². The Labute approximate surface area is 111 Å². The third kappa shape index (κ3) is 1.76. The second-order valence-corrected chi connectivity index (χ2v) is 4.57. The summed E-state index contributed by atoms with van der Waals surface area (Å²) in [6, 6.07) is 11.3. The number of aliphatic imine (C=N–C) groups is 1. The van der Waals surface area contributed by atoms with E-state index in [0.29, 0.717) is 6.42 Å². The highest BCUT2D eigenvalue weighted by atomic mass is 16.4. The van der Waals surface area contributed by atoms with Gasteiger partial charge in [-0.15, -0.1) is 0 Å². The van der Waals surface area contributed by atoms with Gasteiger partial charge in [0.25, 0.3) is 0 Å². The summed E-state index contributed by atoms with van der Waals surface area (Å²) in [5, 5.41) is 11.4. The van der Waals surface area contributed by atoms with Crippen LogP contribution >= 0.6 is 0 Å². The van der Waals surface area contributed by atoms with Crippen molar-refractivity contribution in [1.29, 1.82) is 0 Å². The summed E-state index contributed by atoms with van der Waals surface area (Å²) in [6.45, 7) is 1.87. The van der Waals surface area contributed by atoms with Crippen LogP contribution in [0.2, 0.25) is 0 Å². The summed E-state index contributed by atoms with van der Waals surface area (Å²) < 4.78 is 0. The molecule has 0 amide bonds. The number of carboxylic acids is 1. The Hall–Kier alpha value is -2.36. The molecule has 0 bridgehead atoms. The van der Waals surface area contributed by atoms with Gasteiger partial charge >= 0.3 is 5.97 Å². The molecule has 96 valence electrons. The number of hydrogen-bond donors (Lipinski definition) is 1. The van der Waals surface area contributed by atoms with Crippen LogP contribution in [0.5, 0.6) is 0 Å². The van der Waals surface area contributed by atoms with Gasteiger partial charge in [0.05, 0.1) is 17.7 Å². The average molecular weight is 254 g/mol. The lowest BCUT2D eigenvalue weighted by molar-refractivity contribution is -0.138. The highest BCUT2D eigenvalue weighted by Crippen LogP contribution is 2.38. The van der Waals surface area contributed by atoms with Gasteiger partial charge in [-0.3, -0.25) is 0 Å². The Bertz CT molecular complexity index is 674. The molecule has 1 atom stereocenters. The van der Waals surface area contributed by atoms with Gasteiger partial charge in [-0.2, -0.15) is 0 Å². The number of carbonyl (C=O) groups is 1. The molecule has 19 heavy (non-hydrogen) atoms. The monoisotopic (exact) mass is 254 g/mol. The standard InChI is InChI=1S/C15H14N2O2/c1-2-12(15(18)19)17-9-16-11-7-3-5-10-6-4-8-13(17)14(10)11/h3-9,12H,2H2,1H3,(H,18,19). The zero-order chi connectivity index (χ0) is 13.4. The van der Waals surface area contributed by atoms with Crippen LogP contribution < -0.4 is 4.90 Å². The van der Waals surface area contributed by atoms with Crippen molar-refractivity contribution in [2.24, 2.45) is 4.99 Å². The topological polar surface area (TPSA) is 52.9 Å². The Balaban J connectivity index is 2.22. The Morgan fingerprint density at radius 1 is 1.32 bits per heavy atom. The maximum absolute atomic E-state index is 11.4. The molecule has 4 heteroatoms. The third-order valence-electron chi connectivity index (χ3n) is 3.47. The normalized spacial score (nSPS) is 14.7. The molecule has 1 heterocycles. The molecule has 2 aromatic carbocycles. The molecule has 4 nitrogen and oxygen atoms in total. The number of carboxylic acid groups (broad SMARTS) is 1. The van der Waals surface area contributed by atoms with E-state index < -0.39 is 12.0 Å². The van der Waals surface area contributed by atoms with Crippen molar-refractivity contribution in [2.45, 2.75) is 19.4 Å². The molecule has 0 aliphatic carbocycles. The van der Waals surface area contributed by atoms with Gasteiger partial charge < -0.3 is 10.0 Å². The minimum Gasteiger partial charge on any atom is -0.480 e. The summed E-state index contributed by atoms with van der Waals surface area (Å²) >= 11 is 0. The van der Waals surface area contributed by atoms with Crippen molar-refractivity contribution in [3.8, 4) is 0 Å². The van der Waals surface area contributed by atoms with Crippen LogP contribution in [0.1, 0.15) is 13.3 Å². The van der Waals surface area contributed by atoms with Crippen molar-refractivity contribution >= 4 is 34.5 Å². The Morgan fingerprint density at radius 3 is 2.74 bits per heavy atom. The first-order valence-electron chi connectivity index (χ1n) is 6.29. The number of aliphatic carboxylic acids is 1. The van der Waals surface area contributed by atoms with E-state index in [1.54, 1.807) is 11.2 Å². The Kier molecular flexibility index (Phi) is 2.71. The minimum atomic E-state index is -0.828. The molecular formula is C15H14N2O2. The summed E-state index contributed by atoms with van der Waals surface area (Å²) in [5.74, 6) is -0.828. The van der Waals surface area contributed by atoms with Gasteiger partial charge in [0.15, 0.2) is 0 Å². The van der Waals surface area contributed by atoms with Crippen LogP contribution in [-0.2, 0) is 4.79 Å². The number of nitrogens with zero attached hydrogens (tertiary/aromatic N) is 2. The molecule has 0 saturated heterocycles. The maximum atomic E-state index is 11.4. The third-order valence-corrected chi connectivity index (χ3v) is 3.47. The van der Waals surface area contributed by atoms with Crippen LogP contribution in [0.4, 0.5) is 11.4 Å². The molecule has 1 aliphatic rings. The van der Waals surface area contributed by atoms with E-state index in [9.17, 15) is 9.90 Å². The van der Waals surface area contributed by atoms with E-state index in [4.69, 9.17) is 0 Å². The largest absolute Gasteiger partial charge is 0.480 e. The van der Waals surface area contributed by atoms with Crippen LogP contribution in [0.15, 0.2) is 41.4 Å². The highest BCUT2D eigenvalue weighted by molar-refractivity contribution is 6.10. The van der Waals surface area contributed by atoms with Crippen LogP contribution in [0, 0.1) is 0 Å². The predicted octanol–water partition coefficient (Wildman–Crippen LogP) is 3.18. The summed E-state index contributed by atoms with van der Waals surface area (Å²) in [4.78, 5) is 17.5.